The van der Waals surface area contributed by atoms with Crippen LogP contribution in [0.4, 0.5) is 13.2 Å². The highest BCUT2D eigenvalue weighted by Gasteiger charge is 2.32. The van der Waals surface area contributed by atoms with Gasteiger partial charge in [-0.05, 0) is 18.6 Å². The van der Waals surface area contributed by atoms with Gasteiger partial charge in [-0.1, -0.05) is 11.6 Å². The minimum atomic E-state index is -4.63. The maximum absolute atomic E-state index is 12.5. The summed E-state index contributed by atoms with van der Waals surface area (Å²) < 4.78 is 37.4. The number of nitrogens with two attached hydrogens (primary N) is 1. The van der Waals surface area contributed by atoms with E-state index in [-0.39, 0.29) is 23.4 Å². The number of hydrogen-bond donors (Lipinski definition) is 3. The van der Waals surface area contributed by atoms with Crippen LogP contribution >= 0.6 is 11.6 Å². The predicted octanol–water partition coefficient (Wildman–Crippen LogP) is 2.93. The molecule has 0 aromatic heterocycles. The van der Waals surface area contributed by atoms with Crippen molar-refractivity contribution in [1.29, 1.82) is 0 Å². The van der Waals surface area contributed by atoms with Crippen LogP contribution in [0.2, 0.25) is 5.02 Å². The zero-order valence-corrected chi connectivity index (χ0v) is 10.3. The number of carbonyl (C=O) groups is 1. The summed E-state index contributed by atoms with van der Waals surface area (Å²) >= 11 is 5.66. The van der Waals surface area contributed by atoms with Gasteiger partial charge in [-0.2, -0.15) is 13.2 Å². The van der Waals surface area contributed by atoms with Crippen LogP contribution < -0.4 is 5.73 Å². The molecule has 0 aliphatic rings. The molecule has 0 amide bonds. The number of benzene rings is 1. The largest absolute Gasteiger partial charge is 0.508 e. The van der Waals surface area contributed by atoms with E-state index in [1.54, 1.807) is 0 Å². The van der Waals surface area contributed by atoms with Crippen LogP contribution in [-0.4, -0.2) is 16.2 Å². The number of aromatic hydroxyl groups is 1. The van der Waals surface area contributed by atoms with Gasteiger partial charge >= 0.3 is 12.1 Å². The van der Waals surface area contributed by atoms with Gasteiger partial charge in [0.25, 0.3) is 0 Å². The molecule has 4 nitrogen and oxygen atoms in total. The highest BCUT2D eigenvalue weighted by molar-refractivity contribution is 6.31. The summed E-state index contributed by atoms with van der Waals surface area (Å²) in [7, 11) is 0. The summed E-state index contributed by atoms with van der Waals surface area (Å²) in [6, 6.07) is 0.213. The molecular weight excluding hydrogens is 287 g/mol. The minimum Gasteiger partial charge on any atom is -0.508 e. The third-order valence-electron chi connectivity index (χ3n) is 2.48. The van der Waals surface area contributed by atoms with Gasteiger partial charge in [0.1, 0.15) is 5.75 Å². The highest BCUT2D eigenvalue weighted by atomic mass is 35.5. The zero-order valence-electron chi connectivity index (χ0n) is 9.54. The summed E-state index contributed by atoms with van der Waals surface area (Å²) in [4.78, 5) is 10.4. The molecule has 0 aliphatic carbocycles. The van der Waals surface area contributed by atoms with E-state index >= 15 is 0 Å². The molecule has 1 unspecified atom stereocenters. The van der Waals surface area contributed by atoms with Crippen molar-refractivity contribution in [2.45, 2.75) is 25.1 Å². The quantitative estimate of drug-likeness (QED) is 0.798. The first kappa shape index (κ1) is 15.6. The second-order valence-corrected chi connectivity index (χ2v) is 4.33. The molecule has 1 aromatic carbocycles. The van der Waals surface area contributed by atoms with Gasteiger partial charge in [0.05, 0.1) is 5.56 Å². The normalized spacial score (nSPS) is 13.3. The van der Waals surface area contributed by atoms with E-state index < -0.39 is 29.5 Å². The fraction of sp³-hybridized carbons (Fsp3) is 0.364. The van der Waals surface area contributed by atoms with Crippen molar-refractivity contribution in [2.75, 3.05) is 0 Å². The van der Waals surface area contributed by atoms with Crippen molar-refractivity contribution in [1.82, 2.24) is 0 Å². The number of phenolic OH excluding ortho intramolecular Hbond substituents is 1. The zero-order chi connectivity index (χ0) is 14.8. The van der Waals surface area contributed by atoms with E-state index in [1.165, 1.54) is 0 Å². The van der Waals surface area contributed by atoms with Crippen molar-refractivity contribution >= 4 is 17.6 Å². The minimum absolute atomic E-state index is 0.0476. The first-order chi connectivity index (χ1) is 8.62. The lowest BCUT2D eigenvalue weighted by Crippen LogP contribution is -2.14. The van der Waals surface area contributed by atoms with Gasteiger partial charge in [-0.15, -0.1) is 0 Å². The molecule has 0 aliphatic heterocycles. The van der Waals surface area contributed by atoms with Gasteiger partial charge in [0.15, 0.2) is 0 Å². The molecule has 0 saturated heterocycles. The van der Waals surface area contributed by atoms with Gasteiger partial charge in [0.2, 0.25) is 0 Å². The highest BCUT2D eigenvalue weighted by Crippen LogP contribution is 2.39. The summed E-state index contributed by atoms with van der Waals surface area (Å²) in [5.74, 6) is -1.80. The molecule has 106 valence electrons. The van der Waals surface area contributed by atoms with Crippen molar-refractivity contribution in [3.05, 3.63) is 28.3 Å². The van der Waals surface area contributed by atoms with Crippen molar-refractivity contribution in [3.63, 3.8) is 0 Å². The monoisotopic (exact) mass is 297 g/mol. The Morgan fingerprint density at radius 1 is 1.42 bits per heavy atom. The lowest BCUT2D eigenvalue weighted by atomic mass is 10.00. The first-order valence-electron chi connectivity index (χ1n) is 5.20. The Bertz CT molecular complexity index is 468. The maximum atomic E-state index is 12.5. The molecule has 0 radical (unpaired) electrons. The molecule has 8 heteroatoms. The van der Waals surface area contributed by atoms with Gasteiger partial charge in [0, 0.05) is 23.0 Å². The average molecular weight is 298 g/mol. The number of carboxylic acids is 1. The van der Waals surface area contributed by atoms with Crippen molar-refractivity contribution < 1.29 is 28.2 Å². The van der Waals surface area contributed by atoms with E-state index in [0.717, 1.165) is 0 Å². The summed E-state index contributed by atoms with van der Waals surface area (Å²) in [5, 5.41) is 17.7. The number of alkyl halides is 3. The topological polar surface area (TPSA) is 83.6 Å². The SMILES string of the molecule is NC(CCC(=O)O)c1c(O)cc(C(F)(F)F)cc1Cl. The Hall–Kier alpha value is -1.47. The van der Waals surface area contributed by atoms with Crippen molar-refractivity contribution in [3.8, 4) is 5.75 Å². The second kappa shape index (κ2) is 5.66. The number of hydrogen-bond acceptors (Lipinski definition) is 3. The van der Waals surface area contributed by atoms with Gasteiger partial charge in [-0.3, -0.25) is 4.79 Å². The van der Waals surface area contributed by atoms with Gasteiger partial charge < -0.3 is 15.9 Å². The second-order valence-electron chi connectivity index (χ2n) is 3.93. The predicted molar refractivity (Wildman–Crippen MR) is 61.9 cm³/mol. The number of halogens is 4. The Morgan fingerprint density at radius 3 is 2.42 bits per heavy atom. The molecule has 1 rings (SSSR count). The molecular formula is C11H11ClF3NO3. The van der Waals surface area contributed by atoms with Crippen LogP contribution in [0.25, 0.3) is 0 Å². The van der Waals surface area contributed by atoms with Crippen molar-refractivity contribution in [2.24, 2.45) is 5.73 Å². The molecule has 4 N–H and O–H groups in total. The van der Waals surface area contributed by atoms with Crippen LogP contribution in [0.15, 0.2) is 12.1 Å². The third kappa shape index (κ3) is 4.00. The Balaban J connectivity index is 3.06. The van der Waals surface area contributed by atoms with Crippen LogP contribution in [0.3, 0.4) is 0 Å². The fourth-order valence-electron chi connectivity index (χ4n) is 1.56. The first-order valence-corrected chi connectivity index (χ1v) is 5.57. The summed E-state index contributed by atoms with van der Waals surface area (Å²) in [5.41, 5.74) is 4.43. The van der Waals surface area contributed by atoms with E-state index in [0.29, 0.717) is 12.1 Å². The average Bonchev–Trinajstić information content (AvgIpc) is 2.24. The molecule has 1 aromatic rings. The van der Waals surface area contributed by atoms with E-state index in [2.05, 4.69) is 0 Å². The van der Waals surface area contributed by atoms with Crippen LogP contribution in [0, 0.1) is 0 Å². The lowest BCUT2D eigenvalue weighted by molar-refractivity contribution is -0.138. The molecule has 0 spiro atoms. The number of carboxylic acid groups (broad SMARTS) is 1. The molecule has 0 saturated carbocycles. The molecule has 0 fully saturated rings. The van der Waals surface area contributed by atoms with Crippen LogP contribution in [0.5, 0.6) is 5.75 Å². The fourth-order valence-corrected chi connectivity index (χ4v) is 1.91. The van der Waals surface area contributed by atoms with Crippen LogP contribution in [-0.2, 0) is 11.0 Å². The van der Waals surface area contributed by atoms with Crippen LogP contribution in [0.1, 0.15) is 30.0 Å². The lowest BCUT2D eigenvalue weighted by Gasteiger charge is -2.16. The van der Waals surface area contributed by atoms with Gasteiger partial charge in [-0.25, -0.2) is 0 Å². The third-order valence-corrected chi connectivity index (χ3v) is 2.79. The Morgan fingerprint density at radius 2 is 2.00 bits per heavy atom. The van der Waals surface area contributed by atoms with E-state index in [9.17, 15) is 23.1 Å². The Labute approximate surface area is 111 Å². The summed E-state index contributed by atoms with van der Waals surface area (Å²) in [6.07, 6.45) is -4.96. The molecule has 0 heterocycles. The van der Waals surface area contributed by atoms with E-state index in [4.69, 9.17) is 22.4 Å². The molecule has 1 atom stereocenters. The number of aliphatic carboxylic acids is 1. The Kier molecular flexibility index (Phi) is 4.65. The molecule has 19 heavy (non-hydrogen) atoms. The maximum Gasteiger partial charge on any atom is 0.416 e. The summed E-state index contributed by atoms with van der Waals surface area (Å²) in [6.45, 7) is 0. The number of rotatable bonds is 4. The van der Waals surface area contributed by atoms with E-state index in [1.807, 2.05) is 0 Å². The number of phenols is 1. The standard InChI is InChI=1S/C11H11ClF3NO3/c12-6-3-5(11(13,14)15)4-8(17)10(6)7(16)1-2-9(18)19/h3-4,7,17H,1-2,16H2,(H,18,19). The molecule has 0 bridgehead atoms. The smallest absolute Gasteiger partial charge is 0.416 e.